The monoisotopic (exact) mass is 195 g/mol. The number of nitrogens with zero attached hydrogens (tertiary/aromatic N) is 1. The Morgan fingerprint density at radius 3 is 2.83 bits per heavy atom. The zero-order valence-corrected chi connectivity index (χ0v) is 7.84. The second kappa shape index (κ2) is 5.35. The number of hydrogen-bond donors (Lipinski definition) is 1. The summed E-state index contributed by atoms with van der Waals surface area (Å²) in [5.74, 6) is -0.312. The first-order valence-corrected chi connectivity index (χ1v) is 3.88. The molecule has 0 aromatic rings. The van der Waals surface area contributed by atoms with Crippen LogP contribution in [0.1, 0.15) is 19.8 Å². The normalized spacial score (nSPS) is 23.3. The molecular formula is C7H14ClNO3. The van der Waals surface area contributed by atoms with Crippen molar-refractivity contribution in [2.75, 3.05) is 13.2 Å². The number of rotatable bonds is 2. The summed E-state index contributed by atoms with van der Waals surface area (Å²) in [4.78, 5) is 11.0. The van der Waals surface area contributed by atoms with Gasteiger partial charge >= 0.3 is 5.97 Å². The van der Waals surface area contributed by atoms with Crippen molar-refractivity contribution in [1.82, 2.24) is 5.06 Å². The summed E-state index contributed by atoms with van der Waals surface area (Å²) >= 11 is 0. The van der Waals surface area contributed by atoms with E-state index in [2.05, 4.69) is 0 Å². The van der Waals surface area contributed by atoms with E-state index < -0.39 is 6.04 Å². The Bertz CT molecular complexity index is 154. The van der Waals surface area contributed by atoms with E-state index in [1.165, 1.54) is 0 Å². The molecule has 0 radical (unpaired) electrons. The van der Waals surface area contributed by atoms with Crippen molar-refractivity contribution in [3.63, 3.8) is 0 Å². The Hall–Kier alpha value is -0.320. The largest absolute Gasteiger partial charge is 0.465 e. The van der Waals surface area contributed by atoms with Gasteiger partial charge in [-0.3, -0.25) is 4.79 Å². The summed E-state index contributed by atoms with van der Waals surface area (Å²) in [5.41, 5.74) is 0. The standard InChI is InChI=1S/C7H13NO3.ClH/c1-2-11-7(9)6-4-3-5-8(6)10;/h6,10H,2-5H2,1H3;1H/t6-;/m0./s1. The van der Waals surface area contributed by atoms with Crippen molar-refractivity contribution in [2.24, 2.45) is 0 Å². The van der Waals surface area contributed by atoms with Gasteiger partial charge in [-0.05, 0) is 19.8 Å². The summed E-state index contributed by atoms with van der Waals surface area (Å²) in [5, 5.41) is 10.2. The van der Waals surface area contributed by atoms with E-state index in [1.807, 2.05) is 0 Å². The van der Waals surface area contributed by atoms with E-state index in [9.17, 15) is 4.79 Å². The van der Waals surface area contributed by atoms with Crippen LogP contribution in [0, 0.1) is 0 Å². The molecule has 1 atom stereocenters. The highest BCUT2D eigenvalue weighted by Crippen LogP contribution is 2.15. The van der Waals surface area contributed by atoms with Crippen LogP contribution >= 0.6 is 12.4 Å². The second-order valence-electron chi connectivity index (χ2n) is 2.57. The molecule has 0 aromatic carbocycles. The van der Waals surface area contributed by atoms with E-state index in [0.717, 1.165) is 11.5 Å². The molecule has 1 aliphatic heterocycles. The molecule has 0 aromatic heterocycles. The van der Waals surface area contributed by atoms with Gasteiger partial charge in [0.05, 0.1) is 6.61 Å². The van der Waals surface area contributed by atoms with Gasteiger partial charge in [-0.15, -0.1) is 12.4 Å². The summed E-state index contributed by atoms with van der Waals surface area (Å²) in [6, 6.07) is -0.421. The molecule has 0 bridgehead atoms. The zero-order valence-electron chi connectivity index (χ0n) is 7.02. The molecule has 12 heavy (non-hydrogen) atoms. The molecule has 1 saturated heterocycles. The van der Waals surface area contributed by atoms with Gasteiger partial charge in [0, 0.05) is 6.54 Å². The summed E-state index contributed by atoms with van der Waals surface area (Å²) in [6.07, 6.45) is 1.56. The van der Waals surface area contributed by atoms with Gasteiger partial charge in [0.1, 0.15) is 6.04 Å². The Labute approximate surface area is 77.9 Å². The highest BCUT2D eigenvalue weighted by molar-refractivity contribution is 5.85. The summed E-state index contributed by atoms with van der Waals surface area (Å²) in [6.45, 7) is 2.71. The Morgan fingerprint density at radius 2 is 2.42 bits per heavy atom. The minimum atomic E-state index is -0.421. The molecular weight excluding hydrogens is 182 g/mol. The number of carbonyl (C=O) groups is 1. The van der Waals surface area contributed by atoms with Crippen molar-refractivity contribution in [1.29, 1.82) is 0 Å². The average Bonchev–Trinajstić information content (AvgIpc) is 2.36. The first kappa shape index (κ1) is 11.7. The van der Waals surface area contributed by atoms with Crippen molar-refractivity contribution in [2.45, 2.75) is 25.8 Å². The molecule has 4 nitrogen and oxygen atoms in total. The van der Waals surface area contributed by atoms with Gasteiger partial charge in [0.2, 0.25) is 0 Å². The fourth-order valence-electron chi connectivity index (χ4n) is 1.23. The lowest BCUT2D eigenvalue weighted by molar-refractivity contribution is -0.166. The number of ether oxygens (including phenoxy) is 1. The van der Waals surface area contributed by atoms with Gasteiger partial charge in [-0.1, -0.05) is 0 Å². The molecule has 0 unspecified atom stereocenters. The van der Waals surface area contributed by atoms with Crippen LogP contribution in [0.15, 0.2) is 0 Å². The Morgan fingerprint density at radius 1 is 1.75 bits per heavy atom. The van der Waals surface area contributed by atoms with Crippen LogP contribution in [-0.2, 0) is 9.53 Å². The number of carbonyl (C=O) groups excluding carboxylic acids is 1. The van der Waals surface area contributed by atoms with E-state index in [0.29, 0.717) is 19.6 Å². The fraction of sp³-hybridized carbons (Fsp3) is 0.857. The fourth-order valence-corrected chi connectivity index (χ4v) is 1.23. The molecule has 1 N–H and O–H groups in total. The third-order valence-electron chi connectivity index (χ3n) is 1.78. The van der Waals surface area contributed by atoms with Crippen molar-refractivity contribution in [3.05, 3.63) is 0 Å². The number of esters is 1. The predicted octanol–water partition coefficient (Wildman–Crippen LogP) is 0.825. The highest BCUT2D eigenvalue weighted by atomic mass is 35.5. The van der Waals surface area contributed by atoms with E-state index in [-0.39, 0.29) is 18.4 Å². The second-order valence-corrected chi connectivity index (χ2v) is 2.57. The molecule has 1 fully saturated rings. The van der Waals surface area contributed by atoms with Gasteiger partial charge in [0.15, 0.2) is 0 Å². The Balaban J connectivity index is 0.00000121. The number of hydroxylamine groups is 2. The van der Waals surface area contributed by atoms with Crippen LogP contribution in [-0.4, -0.2) is 35.4 Å². The third-order valence-corrected chi connectivity index (χ3v) is 1.78. The van der Waals surface area contributed by atoms with Gasteiger partial charge in [-0.2, -0.15) is 5.06 Å². The first-order valence-electron chi connectivity index (χ1n) is 3.88. The minimum absolute atomic E-state index is 0. The zero-order chi connectivity index (χ0) is 8.27. The smallest absolute Gasteiger partial charge is 0.325 e. The molecule has 1 heterocycles. The quantitative estimate of drug-likeness (QED) is 0.663. The van der Waals surface area contributed by atoms with Crippen molar-refractivity contribution in [3.8, 4) is 0 Å². The maximum absolute atomic E-state index is 11.0. The van der Waals surface area contributed by atoms with Crippen LogP contribution in [0.4, 0.5) is 0 Å². The minimum Gasteiger partial charge on any atom is -0.465 e. The molecule has 1 aliphatic rings. The van der Waals surface area contributed by atoms with Crippen molar-refractivity contribution >= 4 is 18.4 Å². The Kier molecular flexibility index (Phi) is 5.20. The first-order chi connectivity index (χ1) is 5.25. The summed E-state index contributed by atoms with van der Waals surface area (Å²) in [7, 11) is 0. The molecule has 5 heteroatoms. The topological polar surface area (TPSA) is 49.8 Å². The predicted molar refractivity (Wildman–Crippen MR) is 45.4 cm³/mol. The third kappa shape index (κ3) is 2.62. The average molecular weight is 196 g/mol. The maximum Gasteiger partial charge on any atom is 0.325 e. The van der Waals surface area contributed by atoms with Crippen LogP contribution in [0.3, 0.4) is 0 Å². The van der Waals surface area contributed by atoms with Gasteiger partial charge < -0.3 is 9.94 Å². The molecule has 0 amide bonds. The number of hydrogen-bond acceptors (Lipinski definition) is 4. The molecule has 0 saturated carbocycles. The lowest BCUT2D eigenvalue weighted by Gasteiger charge is -2.14. The number of halogens is 1. The van der Waals surface area contributed by atoms with E-state index >= 15 is 0 Å². The van der Waals surface area contributed by atoms with Crippen LogP contribution < -0.4 is 0 Å². The molecule has 0 spiro atoms. The van der Waals surface area contributed by atoms with E-state index in [1.54, 1.807) is 6.92 Å². The van der Waals surface area contributed by atoms with Gasteiger partial charge in [-0.25, -0.2) is 0 Å². The molecule has 0 aliphatic carbocycles. The van der Waals surface area contributed by atoms with Crippen LogP contribution in [0.5, 0.6) is 0 Å². The van der Waals surface area contributed by atoms with E-state index in [4.69, 9.17) is 9.94 Å². The van der Waals surface area contributed by atoms with Crippen LogP contribution in [0.2, 0.25) is 0 Å². The van der Waals surface area contributed by atoms with Crippen molar-refractivity contribution < 1.29 is 14.7 Å². The molecule has 72 valence electrons. The van der Waals surface area contributed by atoms with Crippen LogP contribution in [0.25, 0.3) is 0 Å². The molecule has 1 rings (SSSR count). The highest BCUT2D eigenvalue weighted by Gasteiger charge is 2.30. The SMILES string of the molecule is CCOC(=O)[C@@H]1CCCN1O.Cl. The lowest BCUT2D eigenvalue weighted by atomic mass is 10.2. The summed E-state index contributed by atoms with van der Waals surface area (Å²) < 4.78 is 4.76. The lowest BCUT2D eigenvalue weighted by Crippen LogP contribution is -2.34. The maximum atomic E-state index is 11.0. The van der Waals surface area contributed by atoms with Gasteiger partial charge in [0.25, 0.3) is 0 Å².